The number of likely N-dealkylation sites (N-methyl/N-ethyl adjacent to an activating group) is 1. The number of phenols is 1. The summed E-state index contributed by atoms with van der Waals surface area (Å²) < 4.78 is 14.4. The van der Waals surface area contributed by atoms with E-state index in [4.69, 9.17) is 9.47 Å². The number of aromatic hydroxyl groups is 1. The van der Waals surface area contributed by atoms with E-state index in [0.29, 0.717) is 76.9 Å². The number of para-hydroxylation sites is 1. The molecule has 9 rings (SSSR count). The summed E-state index contributed by atoms with van der Waals surface area (Å²) in [6, 6.07) is 18.6. The molecule has 4 fully saturated rings. The van der Waals surface area contributed by atoms with E-state index in [1.54, 1.807) is 24.1 Å². The van der Waals surface area contributed by atoms with Crippen LogP contribution in [0.5, 0.6) is 5.75 Å². The number of hydrazine groups is 1. The van der Waals surface area contributed by atoms with Crippen molar-refractivity contribution in [3.63, 3.8) is 0 Å². The number of rotatable bonds is 10. The van der Waals surface area contributed by atoms with Crippen molar-refractivity contribution in [2.45, 2.75) is 104 Å². The van der Waals surface area contributed by atoms with Crippen LogP contribution in [0, 0.1) is 23.2 Å². The van der Waals surface area contributed by atoms with Gasteiger partial charge in [0, 0.05) is 80.3 Å². The zero-order valence-electron chi connectivity index (χ0n) is 42.3. The van der Waals surface area contributed by atoms with Gasteiger partial charge in [0.25, 0.3) is 5.91 Å². The Bertz CT molecular complexity index is 2720. The molecule has 3 N–H and O–H groups in total. The average Bonchev–Trinajstić information content (AvgIpc) is 4.04. The summed E-state index contributed by atoms with van der Waals surface area (Å²) in [4.78, 5) is 76.9. The van der Waals surface area contributed by atoms with Gasteiger partial charge in [0.2, 0.25) is 17.7 Å². The first-order valence-electron chi connectivity index (χ1n) is 25.7. The Morgan fingerprint density at radius 2 is 1.72 bits per heavy atom. The Morgan fingerprint density at radius 1 is 0.958 bits per heavy atom. The number of amides is 4. The second-order valence-corrected chi connectivity index (χ2v) is 21.6. The van der Waals surface area contributed by atoms with Gasteiger partial charge in [0.05, 0.1) is 31.4 Å². The Labute approximate surface area is 417 Å². The molecule has 71 heavy (non-hydrogen) atoms. The summed E-state index contributed by atoms with van der Waals surface area (Å²) in [5.41, 5.74) is 9.04. The number of aryl methyl sites for hydroxylation is 1. The van der Waals surface area contributed by atoms with Crippen molar-refractivity contribution in [1.29, 1.82) is 0 Å². The fourth-order valence-corrected chi connectivity index (χ4v) is 11.8. The standard InChI is InChI=1S/C56H71N7O8/c1-8-48(65)61-22-20-38(33-61)52(67)59(7)49(35(3)4)51(66)57-56(40-17-18-40)31-36-27-39(29-41(64)28-36)37-16-19-47-43(30-37)44(32-55(5,6)34-71-53(68)45-14-12-21-63(58-45)54(56)69)50(62(47)9-2)42-13-10-11-15-46(42)60-23-25-70-26-24-60/h8,10-11,13,15-16,19,27-30,35,38,40,45,49,58,64H,1,9,12,14,17-18,20-26,31-34H2,2-7H3,(H,57,66)/t38-,45-,49-,56+/m0/s1. The largest absolute Gasteiger partial charge is 0.508 e. The van der Waals surface area contributed by atoms with Crippen LogP contribution < -0.4 is 15.6 Å². The molecule has 4 amide bonds. The number of fused-ring (bicyclic) bond motifs is 6. The number of morpholine rings is 1. The number of nitrogens with zero attached hydrogens (tertiary/aromatic N) is 5. The van der Waals surface area contributed by atoms with Gasteiger partial charge in [-0.3, -0.25) is 29.0 Å². The zero-order chi connectivity index (χ0) is 50.4. The molecule has 4 aliphatic heterocycles. The first-order chi connectivity index (χ1) is 34.0. The second-order valence-electron chi connectivity index (χ2n) is 21.6. The molecule has 3 aromatic carbocycles. The van der Waals surface area contributed by atoms with Crippen LogP contribution in [0.3, 0.4) is 0 Å². The van der Waals surface area contributed by atoms with Crippen LogP contribution in [-0.2, 0) is 52.8 Å². The average molecular weight is 970 g/mol. The van der Waals surface area contributed by atoms with Crippen LogP contribution >= 0.6 is 0 Å². The summed E-state index contributed by atoms with van der Waals surface area (Å²) >= 11 is 0. The molecule has 15 nitrogen and oxygen atoms in total. The predicted molar refractivity (Wildman–Crippen MR) is 273 cm³/mol. The maximum atomic E-state index is 15.6. The molecule has 5 aliphatic rings. The number of carbonyl (C=O) groups excluding carboxylic acids is 5. The number of nitrogens with one attached hydrogen (secondary N) is 2. The van der Waals surface area contributed by atoms with Gasteiger partial charge in [-0.2, -0.15) is 0 Å². The van der Waals surface area contributed by atoms with Crippen LogP contribution in [0.25, 0.3) is 33.3 Å². The Hall–Kier alpha value is -6.19. The lowest BCUT2D eigenvalue weighted by molar-refractivity contribution is -0.158. The number of cyclic esters (lactones) is 1. The Morgan fingerprint density at radius 3 is 2.44 bits per heavy atom. The van der Waals surface area contributed by atoms with Gasteiger partial charge in [0.15, 0.2) is 0 Å². The maximum Gasteiger partial charge on any atom is 0.324 e. The predicted octanol–water partition coefficient (Wildman–Crippen LogP) is 6.48. The lowest BCUT2D eigenvalue weighted by Gasteiger charge is -2.43. The number of benzene rings is 3. The number of anilines is 1. The Balaban J connectivity index is 1.15. The number of esters is 1. The molecule has 3 saturated heterocycles. The lowest BCUT2D eigenvalue weighted by Crippen LogP contribution is -2.69. The molecule has 1 saturated carbocycles. The lowest BCUT2D eigenvalue weighted by atomic mass is 9.82. The smallest absolute Gasteiger partial charge is 0.324 e. The van der Waals surface area contributed by atoms with Crippen molar-refractivity contribution < 1.29 is 38.6 Å². The van der Waals surface area contributed by atoms with Crippen LogP contribution in [0.15, 0.2) is 73.3 Å². The van der Waals surface area contributed by atoms with Crippen molar-refractivity contribution in [2.24, 2.45) is 23.2 Å². The zero-order valence-corrected chi connectivity index (χ0v) is 42.3. The van der Waals surface area contributed by atoms with E-state index in [2.05, 4.69) is 90.0 Å². The molecule has 0 spiro atoms. The van der Waals surface area contributed by atoms with Crippen molar-refractivity contribution in [2.75, 3.05) is 64.5 Å². The SMILES string of the molecule is C=CC(=O)N1CC[C@H](C(=O)N(C)[C@H](C(=O)N[C@@]2(C3CC3)Cc3cc(O)cc(c3)-c3ccc4c(c3)c(c(-c3ccccc3N3CCOCC3)n4CC)CC(C)(C)COC(=O)[C@@H]3CCCN(N3)C2=O)C(C)C)C1. The number of likely N-dealkylation sites (tertiary alicyclic amines) is 1. The normalized spacial score (nSPS) is 23.3. The van der Waals surface area contributed by atoms with Crippen LogP contribution in [0.1, 0.15) is 77.8 Å². The number of aromatic nitrogens is 1. The summed E-state index contributed by atoms with van der Waals surface area (Å²) in [7, 11) is 1.62. The highest BCUT2D eigenvalue weighted by Gasteiger charge is 2.55. The van der Waals surface area contributed by atoms with Gasteiger partial charge in [-0.1, -0.05) is 64.6 Å². The van der Waals surface area contributed by atoms with Crippen molar-refractivity contribution in [3.05, 3.63) is 84.4 Å². The first-order valence-corrected chi connectivity index (χ1v) is 25.7. The molecule has 1 aromatic heterocycles. The highest BCUT2D eigenvalue weighted by molar-refractivity contribution is 5.98. The molecule has 6 bridgehead atoms. The van der Waals surface area contributed by atoms with E-state index >= 15 is 9.59 Å². The molecule has 5 heterocycles. The Kier molecular flexibility index (Phi) is 14.1. The van der Waals surface area contributed by atoms with Gasteiger partial charge in [-0.05, 0) is 116 Å². The minimum absolute atomic E-state index is 0.0212. The minimum atomic E-state index is -1.52. The first kappa shape index (κ1) is 49.8. The van der Waals surface area contributed by atoms with E-state index in [0.717, 1.165) is 57.6 Å². The van der Waals surface area contributed by atoms with Gasteiger partial charge in [0.1, 0.15) is 23.4 Å². The number of hydrogen-bond acceptors (Lipinski definition) is 10. The molecule has 0 radical (unpaired) electrons. The third-order valence-electron chi connectivity index (χ3n) is 15.5. The fraction of sp³-hybridized carbons (Fsp3) is 0.518. The summed E-state index contributed by atoms with van der Waals surface area (Å²) in [5.74, 6) is -2.91. The molecule has 0 unspecified atom stereocenters. The summed E-state index contributed by atoms with van der Waals surface area (Å²) in [6.07, 6.45) is 4.63. The van der Waals surface area contributed by atoms with E-state index in [-0.39, 0.29) is 54.9 Å². The molecule has 4 atom stereocenters. The molecule has 1 aliphatic carbocycles. The number of phenolic OH excluding ortho intramolecular Hbond substituents is 1. The number of carbonyl (C=O) groups is 5. The third kappa shape index (κ3) is 9.91. The quantitative estimate of drug-likeness (QED) is 0.118. The topological polar surface area (TPSA) is 166 Å². The van der Waals surface area contributed by atoms with Crippen LogP contribution in [0.4, 0.5) is 5.69 Å². The molecule has 378 valence electrons. The molecular formula is C56H71N7O8. The van der Waals surface area contributed by atoms with Crippen LogP contribution in [-0.4, -0.2) is 131 Å². The van der Waals surface area contributed by atoms with Gasteiger partial charge in [-0.15, -0.1) is 0 Å². The van der Waals surface area contributed by atoms with E-state index in [1.165, 1.54) is 16.0 Å². The number of ether oxygens (including phenoxy) is 2. The van der Waals surface area contributed by atoms with Gasteiger partial charge >= 0.3 is 5.97 Å². The fourth-order valence-electron chi connectivity index (χ4n) is 11.8. The van der Waals surface area contributed by atoms with Gasteiger partial charge < -0.3 is 39.2 Å². The summed E-state index contributed by atoms with van der Waals surface area (Å²) in [5, 5.41) is 17.4. The van der Waals surface area contributed by atoms with E-state index in [9.17, 15) is 19.5 Å². The molecule has 4 aromatic rings. The van der Waals surface area contributed by atoms with Crippen LogP contribution in [0.2, 0.25) is 0 Å². The van der Waals surface area contributed by atoms with E-state index in [1.807, 2.05) is 19.9 Å². The van der Waals surface area contributed by atoms with Gasteiger partial charge in [-0.25, -0.2) is 5.43 Å². The molecule has 15 heteroatoms. The monoisotopic (exact) mass is 970 g/mol. The van der Waals surface area contributed by atoms with Crippen molar-refractivity contribution >= 4 is 46.2 Å². The highest BCUT2D eigenvalue weighted by Crippen LogP contribution is 2.46. The number of hydrogen-bond donors (Lipinski definition) is 3. The highest BCUT2D eigenvalue weighted by atomic mass is 16.5. The van der Waals surface area contributed by atoms with Crippen molar-refractivity contribution in [1.82, 2.24) is 30.1 Å². The minimum Gasteiger partial charge on any atom is -0.508 e. The maximum absolute atomic E-state index is 15.6. The summed E-state index contributed by atoms with van der Waals surface area (Å²) in [6.45, 7) is 18.4. The van der Waals surface area contributed by atoms with Crippen molar-refractivity contribution in [3.8, 4) is 28.1 Å². The third-order valence-corrected chi connectivity index (χ3v) is 15.5. The second kappa shape index (κ2) is 20.1. The molecular weight excluding hydrogens is 899 g/mol. The van der Waals surface area contributed by atoms with E-state index < -0.39 is 40.8 Å².